The number of anilines is 1. The largest absolute Gasteiger partial charge is 0.497 e. The number of rotatable bonds is 6. The van der Waals surface area contributed by atoms with E-state index in [2.05, 4.69) is 27.7 Å². The van der Waals surface area contributed by atoms with E-state index < -0.39 is 0 Å². The van der Waals surface area contributed by atoms with E-state index in [1.807, 2.05) is 24.3 Å². The van der Waals surface area contributed by atoms with Crippen LogP contribution < -0.4 is 15.4 Å². The van der Waals surface area contributed by atoms with E-state index >= 15 is 0 Å². The molecule has 1 aliphatic rings. The molecule has 0 bridgehead atoms. The van der Waals surface area contributed by atoms with Crippen LogP contribution >= 0.6 is 11.6 Å². The van der Waals surface area contributed by atoms with Crippen molar-refractivity contribution in [3.05, 3.63) is 59.1 Å². The van der Waals surface area contributed by atoms with Crippen molar-refractivity contribution in [3.8, 4) is 5.75 Å². The van der Waals surface area contributed by atoms with E-state index in [9.17, 15) is 4.79 Å². The van der Waals surface area contributed by atoms with Crippen molar-refractivity contribution in [2.75, 3.05) is 32.1 Å². The van der Waals surface area contributed by atoms with Crippen LogP contribution in [0.1, 0.15) is 24.4 Å². The Hall–Kier alpha value is -2.24. The number of urea groups is 1. The van der Waals surface area contributed by atoms with Crippen LogP contribution in [0, 0.1) is 0 Å². The fraction of sp³-hybridized carbons (Fsp3) is 0.350. The molecule has 0 radical (unpaired) electrons. The zero-order valence-electron chi connectivity index (χ0n) is 14.9. The number of carbonyl (C=O) groups is 1. The summed E-state index contributed by atoms with van der Waals surface area (Å²) in [5.41, 5.74) is 1.78. The first-order chi connectivity index (χ1) is 12.7. The van der Waals surface area contributed by atoms with Gasteiger partial charge >= 0.3 is 6.03 Å². The minimum absolute atomic E-state index is 0.139. The minimum Gasteiger partial charge on any atom is -0.497 e. The summed E-state index contributed by atoms with van der Waals surface area (Å²) in [4.78, 5) is 14.7. The van der Waals surface area contributed by atoms with Gasteiger partial charge in [0.1, 0.15) is 5.75 Å². The number of carbonyl (C=O) groups excluding carboxylic acids is 1. The van der Waals surface area contributed by atoms with Crippen molar-refractivity contribution < 1.29 is 9.53 Å². The fourth-order valence-corrected chi connectivity index (χ4v) is 3.44. The lowest BCUT2D eigenvalue weighted by atomic mass is 10.1. The molecule has 0 spiro atoms. The van der Waals surface area contributed by atoms with Crippen LogP contribution in [-0.2, 0) is 0 Å². The van der Waals surface area contributed by atoms with Crippen molar-refractivity contribution in [3.63, 3.8) is 0 Å². The van der Waals surface area contributed by atoms with Crippen molar-refractivity contribution in [1.82, 2.24) is 10.2 Å². The highest BCUT2D eigenvalue weighted by atomic mass is 35.5. The summed E-state index contributed by atoms with van der Waals surface area (Å²) < 4.78 is 5.24. The Labute approximate surface area is 159 Å². The number of nitrogens with one attached hydrogen (secondary N) is 2. The smallest absolute Gasteiger partial charge is 0.319 e. The second-order valence-corrected chi connectivity index (χ2v) is 6.75. The van der Waals surface area contributed by atoms with Gasteiger partial charge in [-0.2, -0.15) is 0 Å². The lowest BCUT2D eigenvalue weighted by Crippen LogP contribution is -2.38. The fourth-order valence-electron chi connectivity index (χ4n) is 3.26. The molecule has 6 heteroatoms. The number of ether oxygens (including phenoxy) is 1. The summed E-state index contributed by atoms with van der Waals surface area (Å²) in [6.07, 6.45) is 2.39. The van der Waals surface area contributed by atoms with Crippen molar-refractivity contribution in [2.24, 2.45) is 0 Å². The molecule has 2 N–H and O–H groups in total. The summed E-state index contributed by atoms with van der Waals surface area (Å²) in [5.74, 6) is 0.832. The van der Waals surface area contributed by atoms with E-state index in [-0.39, 0.29) is 12.1 Å². The van der Waals surface area contributed by atoms with Crippen molar-refractivity contribution >= 4 is 23.3 Å². The van der Waals surface area contributed by atoms with Gasteiger partial charge in [-0.05, 0) is 55.8 Å². The first kappa shape index (κ1) is 18.5. The Balaban J connectivity index is 1.65. The first-order valence-electron chi connectivity index (χ1n) is 8.85. The van der Waals surface area contributed by atoms with E-state index in [1.165, 1.54) is 18.4 Å². The zero-order chi connectivity index (χ0) is 18.4. The SMILES string of the molecule is COc1ccc([C@@H](CNC(=O)Nc2ccccc2Cl)N2CCCC2)cc1. The number of hydrogen-bond donors (Lipinski definition) is 2. The second-order valence-electron chi connectivity index (χ2n) is 6.35. The average Bonchev–Trinajstić information content (AvgIpc) is 3.19. The molecule has 2 amide bonds. The van der Waals surface area contributed by atoms with Gasteiger partial charge in [0.25, 0.3) is 0 Å². The third-order valence-electron chi connectivity index (χ3n) is 4.66. The molecule has 1 fully saturated rings. The van der Waals surface area contributed by atoms with E-state index in [1.54, 1.807) is 19.2 Å². The molecular weight excluding hydrogens is 350 g/mol. The zero-order valence-corrected chi connectivity index (χ0v) is 15.6. The normalized spacial score (nSPS) is 15.5. The molecule has 1 aliphatic heterocycles. The number of halogens is 1. The molecule has 3 rings (SSSR count). The molecule has 1 saturated heterocycles. The van der Waals surface area contributed by atoms with Gasteiger partial charge in [0.05, 0.1) is 23.9 Å². The van der Waals surface area contributed by atoms with E-state index in [0.717, 1.165) is 18.8 Å². The van der Waals surface area contributed by atoms with Gasteiger partial charge in [0.15, 0.2) is 0 Å². The van der Waals surface area contributed by atoms with Gasteiger partial charge < -0.3 is 15.4 Å². The maximum absolute atomic E-state index is 12.3. The number of nitrogens with zero attached hydrogens (tertiary/aromatic N) is 1. The topological polar surface area (TPSA) is 53.6 Å². The van der Waals surface area contributed by atoms with Gasteiger partial charge in [0.2, 0.25) is 0 Å². The van der Waals surface area contributed by atoms with Crippen LogP contribution in [-0.4, -0.2) is 37.7 Å². The summed E-state index contributed by atoms with van der Waals surface area (Å²) in [6.45, 7) is 2.62. The molecule has 2 aromatic carbocycles. The van der Waals surface area contributed by atoms with E-state index in [4.69, 9.17) is 16.3 Å². The quantitative estimate of drug-likeness (QED) is 0.793. The van der Waals surface area contributed by atoms with Crippen LogP contribution in [0.25, 0.3) is 0 Å². The van der Waals surface area contributed by atoms with Crippen molar-refractivity contribution in [2.45, 2.75) is 18.9 Å². The molecule has 26 heavy (non-hydrogen) atoms. The number of para-hydroxylation sites is 1. The number of methoxy groups -OCH3 is 1. The van der Waals surface area contributed by atoms with Gasteiger partial charge in [-0.3, -0.25) is 4.90 Å². The second kappa shape index (κ2) is 8.92. The molecule has 1 atom stereocenters. The summed E-state index contributed by atoms with van der Waals surface area (Å²) in [7, 11) is 1.66. The highest BCUT2D eigenvalue weighted by Crippen LogP contribution is 2.26. The number of benzene rings is 2. The number of likely N-dealkylation sites (tertiary alicyclic amines) is 1. The molecule has 1 heterocycles. The van der Waals surface area contributed by atoms with Crippen molar-refractivity contribution in [1.29, 1.82) is 0 Å². The Morgan fingerprint density at radius 3 is 2.50 bits per heavy atom. The molecule has 2 aromatic rings. The van der Waals surface area contributed by atoms with Crippen LogP contribution in [0.4, 0.5) is 10.5 Å². The van der Waals surface area contributed by atoms with Gasteiger partial charge in [-0.25, -0.2) is 4.79 Å². The van der Waals surface area contributed by atoms with Crippen LogP contribution in [0.15, 0.2) is 48.5 Å². The Bertz CT molecular complexity index is 730. The summed E-state index contributed by atoms with van der Waals surface area (Å²) in [5, 5.41) is 6.31. The van der Waals surface area contributed by atoms with E-state index in [0.29, 0.717) is 17.3 Å². The molecule has 0 unspecified atom stereocenters. The summed E-state index contributed by atoms with van der Waals surface area (Å²) >= 11 is 6.10. The average molecular weight is 374 g/mol. The highest BCUT2D eigenvalue weighted by molar-refractivity contribution is 6.33. The first-order valence-corrected chi connectivity index (χ1v) is 9.22. The molecule has 138 valence electrons. The maximum Gasteiger partial charge on any atom is 0.319 e. The van der Waals surface area contributed by atoms with Gasteiger partial charge in [-0.15, -0.1) is 0 Å². The predicted octanol–water partition coefficient (Wildman–Crippen LogP) is 4.31. The third-order valence-corrected chi connectivity index (χ3v) is 4.99. The number of hydrogen-bond acceptors (Lipinski definition) is 3. The third kappa shape index (κ3) is 4.68. The minimum atomic E-state index is -0.254. The Kier molecular flexibility index (Phi) is 6.36. The highest BCUT2D eigenvalue weighted by Gasteiger charge is 2.24. The monoisotopic (exact) mass is 373 g/mol. The van der Waals surface area contributed by atoms with Gasteiger partial charge in [-0.1, -0.05) is 35.9 Å². The van der Waals surface area contributed by atoms with Gasteiger partial charge in [0, 0.05) is 6.54 Å². The maximum atomic E-state index is 12.3. The molecule has 0 aromatic heterocycles. The number of amides is 2. The van der Waals surface area contributed by atoms with Crippen LogP contribution in [0.5, 0.6) is 5.75 Å². The molecular formula is C20H24ClN3O2. The molecule has 0 aliphatic carbocycles. The summed E-state index contributed by atoms with van der Waals surface area (Å²) in [6, 6.07) is 15.1. The molecule has 5 nitrogen and oxygen atoms in total. The Morgan fingerprint density at radius 1 is 1.15 bits per heavy atom. The van der Waals surface area contributed by atoms with Crippen LogP contribution in [0.2, 0.25) is 5.02 Å². The lowest BCUT2D eigenvalue weighted by Gasteiger charge is -2.28. The lowest BCUT2D eigenvalue weighted by molar-refractivity contribution is 0.227. The standard InChI is InChI=1S/C20H24ClN3O2/c1-26-16-10-8-15(9-11-16)19(24-12-4-5-13-24)14-22-20(25)23-18-7-3-2-6-17(18)21/h2-3,6-11,19H,4-5,12-14H2,1H3,(H2,22,23,25)/t19-/m1/s1. The predicted molar refractivity (Wildman–Crippen MR) is 105 cm³/mol. The van der Waals surface area contributed by atoms with Crippen LogP contribution in [0.3, 0.4) is 0 Å². The Morgan fingerprint density at radius 2 is 1.85 bits per heavy atom. The molecule has 0 saturated carbocycles.